The van der Waals surface area contributed by atoms with E-state index in [0.29, 0.717) is 5.92 Å². The second-order valence-corrected chi connectivity index (χ2v) is 5.87. The number of amides is 1. The largest absolute Gasteiger partial charge is 0.350 e. The maximum absolute atomic E-state index is 11.4. The number of hydrogen-bond acceptors (Lipinski definition) is 2. The number of carbonyl (C=O) groups excluding carboxylic acids is 1. The minimum Gasteiger partial charge on any atom is -0.350 e. The van der Waals surface area contributed by atoms with E-state index in [1.54, 1.807) is 6.92 Å². The van der Waals surface area contributed by atoms with Gasteiger partial charge in [-0.3, -0.25) is 9.69 Å². The van der Waals surface area contributed by atoms with Crippen molar-refractivity contribution in [2.75, 3.05) is 19.6 Å². The van der Waals surface area contributed by atoms with Crippen molar-refractivity contribution >= 4 is 5.91 Å². The molecule has 0 saturated heterocycles. The molecule has 1 heterocycles. The lowest BCUT2D eigenvalue weighted by atomic mass is 9.94. The molecule has 0 unspecified atom stereocenters. The van der Waals surface area contributed by atoms with Crippen molar-refractivity contribution in [2.24, 2.45) is 5.92 Å². The molecule has 20 heavy (non-hydrogen) atoms. The van der Waals surface area contributed by atoms with Gasteiger partial charge in [0.2, 0.25) is 5.91 Å². The lowest BCUT2D eigenvalue weighted by molar-refractivity contribution is -0.119. The van der Waals surface area contributed by atoms with Gasteiger partial charge >= 0.3 is 0 Å². The topological polar surface area (TPSA) is 32.3 Å². The lowest BCUT2D eigenvalue weighted by Crippen LogP contribution is -2.41. The molecule has 0 aliphatic carbocycles. The second kappa shape index (κ2) is 8.81. The van der Waals surface area contributed by atoms with Crippen molar-refractivity contribution in [3.8, 4) is 11.8 Å². The van der Waals surface area contributed by atoms with Gasteiger partial charge in [-0.25, -0.2) is 0 Å². The van der Waals surface area contributed by atoms with Crippen LogP contribution < -0.4 is 5.32 Å². The Kier molecular flexibility index (Phi) is 7.40. The van der Waals surface area contributed by atoms with Gasteiger partial charge in [-0.05, 0) is 24.3 Å². The maximum atomic E-state index is 11.4. The van der Waals surface area contributed by atoms with Crippen LogP contribution in [0.15, 0.2) is 11.6 Å². The molecule has 1 aliphatic heterocycles. The maximum Gasteiger partial charge on any atom is 0.217 e. The first-order chi connectivity index (χ1) is 9.52. The summed E-state index contributed by atoms with van der Waals surface area (Å²) in [6.07, 6.45) is 5.27. The van der Waals surface area contributed by atoms with E-state index < -0.39 is 0 Å². The molecule has 1 amide bonds. The molecule has 1 atom stereocenters. The fourth-order valence-electron chi connectivity index (χ4n) is 2.53. The van der Waals surface area contributed by atoms with Crippen LogP contribution in [0.2, 0.25) is 0 Å². The molecule has 3 nitrogen and oxygen atoms in total. The van der Waals surface area contributed by atoms with Gasteiger partial charge in [0.25, 0.3) is 0 Å². The van der Waals surface area contributed by atoms with Crippen molar-refractivity contribution in [3.63, 3.8) is 0 Å². The first-order valence-corrected chi connectivity index (χ1v) is 7.67. The van der Waals surface area contributed by atoms with Gasteiger partial charge in [0.05, 0.1) is 12.6 Å². The number of nitrogens with zero attached hydrogens (tertiary/aromatic N) is 1. The lowest BCUT2D eigenvalue weighted by Gasteiger charge is -2.31. The SMILES string of the molecule is CCC#CCN1CCC=C([C@H](CC(C)C)NC(C)=O)C1. The van der Waals surface area contributed by atoms with E-state index in [1.807, 2.05) is 0 Å². The van der Waals surface area contributed by atoms with Gasteiger partial charge in [-0.1, -0.05) is 32.8 Å². The third kappa shape index (κ3) is 6.25. The Morgan fingerprint density at radius 2 is 2.20 bits per heavy atom. The van der Waals surface area contributed by atoms with Gasteiger partial charge in [0.15, 0.2) is 0 Å². The van der Waals surface area contributed by atoms with Crippen molar-refractivity contribution < 1.29 is 4.79 Å². The van der Waals surface area contributed by atoms with Crippen molar-refractivity contribution in [3.05, 3.63) is 11.6 Å². The first-order valence-electron chi connectivity index (χ1n) is 7.67. The third-order valence-electron chi connectivity index (χ3n) is 3.39. The average Bonchev–Trinajstić information content (AvgIpc) is 2.37. The van der Waals surface area contributed by atoms with Crippen LogP contribution in [0.4, 0.5) is 0 Å². The highest BCUT2D eigenvalue weighted by Gasteiger charge is 2.21. The number of hydrogen-bond donors (Lipinski definition) is 1. The van der Waals surface area contributed by atoms with Gasteiger partial charge in [-0.15, -0.1) is 5.92 Å². The van der Waals surface area contributed by atoms with E-state index in [4.69, 9.17) is 0 Å². The van der Waals surface area contributed by atoms with Gasteiger partial charge in [0.1, 0.15) is 0 Å². The number of nitrogens with one attached hydrogen (secondary N) is 1. The highest BCUT2D eigenvalue weighted by atomic mass is 16.1. The Bertz CT molecular complexity index is 401. The van der Waals surface area contributed by atoms with Crippen molar-refractivity contribution in [1.29, 1.82) is 0 Å². The van der Waals surface area contributed by atoms with Crippen LogP contribution in [0.1, 0.15) is 47.0 Å². The number of carbonyl (C=O) groups is 1. The predicted octanol–water partition coefficient (Wildman–Crippen LogP) is 2.58. The van der Waals surface area contributed by atoms with Crippen LogP contribution in [-0.2, 0) is 4.79 Å². The standard InChI is InChI=1S/C17H28N2O/c1-5-6-7-10-19-11-8-9-16(13-19)17(12-14(2)3)18-15(4)20/h9,14,17H,5,8,10-13H2,1-4H3,(H,18,20)/t17-/m0/s1. The molecule has 0 saturated carbocycles. The molecular weight excluding hydrogens is 248 g/mol. The summed E-state index contributed by atoms with van der Waals surface area (Å²) in [4.78, 5) is 13.8. The summed E-state index contributed by atoms with van der Waals surface area (Å²) < 4.78 is 0. The summed E-state index contributed by atoms with van der Waals surface area (Å²) in [6, 6.07) is 0.175. The van der Waals surface area contributed by atoms with Crippen LogP contribution in [0.5, 0.6) is 0 Å². The Hall–Kier alpha value is -1.27. The summed E-state index contributed by atoms with van der Waals surface area (Å²) >= 11 is 0. The van der Waals surface area contributed by atoms with Crippen LogP contribution in [0, 0.1) is 17.8 Å². The molecule has 3 heteroatoms. The minimum absolute atomic E-state index is 0.0550. The molecule has 0 bridgehead atoms. The molecule has 0 radical (unpaired) electrons. The number of rotatable bonds is 5. The Morgan fingerprint density at radius 1 is 1.45 bits per heavy atom. The van der Waals surface area contributed by atoms with E-state index in [2.05, 4.69) is 48.9 Å². The van der Waals surface area contributed by atoms with E-state index in [-0.39, 0.29) is 11.9 Å². The Labute approximate surface area is 123 Å². The highest BCUT2D eigenvalue weighted by Crippen LogP contribution is 2.18. The predicted molar refractivity (Wildman–Crippen MR) is 84.3 cm³/mol. The molecule has 112 valence electrons. The zero-order chi connectivity index (χ0) is 15.0. The quantitative estimate of drug-likeness (QED) is 0.618. The molecular formula is C17H28N2O. The molecule has 0 fully saturated rings. The van der Waals surface area contributed by atoms with E-state index >= 15 is 0 Å². The smallest absolute Gasteiger partial charge is 0.217 e. The Morgan fingerprint density at radius 3 is 2.80 bits per heavy atom. The summed E-state index contributed by atoms with van der Waals surface area (Å²) in [6.45, 7) is 10.9. The molecule has 0 aromatic carbocycles. The molecule has 0 aromatic heterocycles. The normalized spacial score (nSPS) is 17.1. The fourth-order valence-corrected chi connectivity index (χ4v) is 2.53. The van der Waals surface area contributed by atoms with Gasteiger partial charge < -0.3 is 5.32 Å². The van der Waals surface area contributed by atoms with Crippen molar-refractivity contribution in [1.82, 2.24) is 10.2 Å². The minimum atomic E-state index is 0.0550. The molecule has 1 N–H and O–H groups in total. The summed E-state index contributed by atoms with van der Waals surface area (Å²) in [5.41, 5.74) is 1.35. The fraction of sp³-hybridized carbons (Fsp3) is 0.706. The summed E-state index contributed by atoms with van der Waals surface area (Å²) in [7, 11) is 0. The highest BCUT2D eigenvalue weighted by molar-refractivity contribution is 5.73. The molecule has 0 aromatic rings. The summed E-state index contributed by atoms with van der Waals surface area (Å²) in [5.74, 6) is 6.96. The van der Waals surface area contributed by atoms with Crippen LogP contribution in [-0.4, -0.2) is 36.5 Å². The van der Waals surface area contributed by atoms with Gasteiger partial charge in [0, 0.05) is 26.4 Å². The zero-order valence-electron chi connectivity index (χ0n) is 13.3. The van der Waals surface area contributed by atoms with E-state index in [0.717, 1.165) is 38.9 Å². The summed E-state index contributed by atoms with van der Waals surface area (Å²) in [5, 5.41) is 3.10. The average molecular weight is 276 g/mol. The van der Waals surface area contributed by atoms with E-state index in [9.17, 15) is 4.79 Å². The first kappa shape index (κ1) is 16.8. The van der Waals surface area contributed by atoms with Gasteiger partial charge in [-0.2, -0.15) is 0 Å². The zero-order valence-corrected chi connectivity index (χ0v) is 13.3. The van der Waals surface area contributed by atoms with Crippen LogP contribution >= 0.6 is 0 Å². The molecule has 0 spiro atoms. The van der Waals surface area contributed by atoms with Crippen LogP contribution in [0.3, 0.4) is 0 Å². The molecule has 1 aliphatic rings. The monoisotopic (exact) mass is 276 g/mol. The third-order valence-corrected chi connectivity index (χ3v) is 3.39. The van der Waals surface area contributed by atoms with E-state index in [1.165, 1.54) is 5.57 Å². The van der Waals surface area contributed by atoms with Crippen molar-refractivity contribution in [2.45, 2.75) is 53.0 Å². The second-order valence-electron chi connectivity index (χ2n) is 5.87. The molecule has 1 rings (SSSR count). The van der Waals surface area contributed by atoms with Crippen LogP contribution in [0.25, 0.3) is 0 Å². The Balaban J connectivity index is 2.65.